The molecule has 1 fully saturated rings. The van der Waals surface area contributed by atoms with Crippen LogP contribution in [0.15, 0.2) is 0 Å². The zero-order valence-corrected chi connectivity index (χ0v) is 12.1. The zero-order valence-electron chi connectivity index (χ0n) is 12.1. The molecule has 1 rings (SSSR count). The average molecular weight is 285 g/mol. The van der Waals surface area contributed by atoms with E-state index in [-0.39, 0.29) is 25.0 Å². The molecule has 3 amide bonds. The van der Waals surface area contributed by atoms with E-state index in [9.17, 15) is 14.4 Å². The maximum absolute atomic E-state index is 12.4. The smallest absolute Gasteiger partial charge is 0.320 e. The van der Waals surface area contributed by atoms with Gasteiger partial charge in [-0.15, -0.1) is 0 Å². The first-order valence-corrected chi connectivity index (χ1v) is 6.96. The molecular formula is C13H23N3O4. The van der Waals surface area contributed by atoms with Crippen molar-refractivity contribution < 1.29 is 19.5 Å². The summed E-state index contributed by atoms with van der Waals surface area (Å²) in [6, 6.07) is -0.249. The summed E-state index contributed by atoms with van der Waals surface area (Å²) in [7, 11) is 1.53. The van der Waals surface area contributed by atoms with Crippen LogP contribution in [0, 0.1) is 5.92 Å². The number of urea groups is 1. The number of carbonyl (C=O) groups excluding carboxylic acids is 2. The first-order valence-electron chi connectivity index (χ1n) is 6.96. The predicted octanol–water partition coefficient (Wildman–Crippen LogP) is 0.361. The quantitative estimate of drug-likeness (QED) is 0.763. The Hall–Kier alpha value is -1.79. The Morgan fingerprint density at radius 2 is 2.10 bits per heavy atom. The minimum atomic E-state index is -0.865. The van der Waals surface area contributed by atoms with Gasteiger partial charge in [0.15, 0.2) is 0 Å². The van der Waals surface area contributed by atoms with Crippen LogP contribution in [0.25, 0.3) is 0 Å². The van der Waals surface area contributed by atoms with E-state index in [0.29, 0.717) is 25.9 Å². The Kier molecular flexibility index (Phi) is 6.27. The summed E-state index contributed by atoms with van der Waals surface area (Å²) >= 11 is 0. The SMILES string of the molecule is CCCN(CC(=O)NC)C(=O)N1CCCC(C(=O)O)C1. The summed E-state index contributed by atoms with van der Waals surface area (Å²) in [5.41, 5.74) is 0. The van der Waals surface area contributed by atoms with Crippen LogP contribution < -0.4 is 5.32 Å². The topological polar surface area (TPSA) is 90.0 Å². The largest absolute Gasteiger partial charge is 0.481 e. The van der Waals surface area contributed by atoms with Crippen LogP contribution in [-0.2, 0) is 9.59 Å². The molecule has 0 saturated carbocycles. The molecule has 0 bridgehead atoms. The molecule has 7 heteroatoms. The lowest BCUT2D eigenvalue weighted by Gasteiger charge is -2.34. The number of carbonyl (C=O) groups is 3. The van der Waals surface area contributed by atoms with E-state index in [0.717, 1.165) is 6.42 Å². The molecule has 114 valence electrons. The minimum Gasteiger partial charge on any atom is -0.481 e. The van der Waals surface area contributed by atoms with Crippen LogP contribution >= 0.6 is 0 Å². The molecule has 20 heavy (non-hydrogen) atoms. The molecule has 1 aliphatic heterocycles. The molecule has 0 spiro atoms. The highest BCUT2D eigenvalue weighted by molar-refractivity contribution is 5.84. The molecule has 0 aromatic heterocycles. The van der Waals surface area contributed by atoms with Gasteiger partial charge in [0, 0.05) is 26.7 Å². The fraction of sp³-hybridized carbons (Fsp3) is 0.769. The molecule has 1 aliphatic rings. The van der Waals surface area contributed by atoms with Gasteiger partial charge >= 0.3 is 12.0 Å². The van der Waals surface area contributed by atoms with Crippen molar-refractivity contribution in [2.45, 2.75) is 26.2 Å². The summed E-state index contributed by atoms with van der Waals surface area (Å²) in [5, 5.41) is 11.5. The second-order valence-electron chi connectivity index (χ2n) is 5.00. The summed E-state index contributed by atoms with van der Waals surface area (Å²) in [6.07, 6.45) is 2.03. The summed E-state index contributed by atoms with van der Waals surface area (Å²) < 4.78 is 0. The Morgan fingerprint density at radius 3 is 2.65 bits per heavy atom. The maximum atomic E-state index is 12.4. The Labute approximate surface area is 118 Å². The van der Waals surface area contributed by atoms with Gasteiger partial charge in [0.2, 0.25) is 5.91 Å². The van der Waals surface area contributed by atoms with Crippen LogP contribution in [0.3, 0.4) is 0 Å². The lowest BCUT2D eigenvalue weighted by molar-refractivity contribution is -0.143. The molecule has 0 radical (unpaired) electrons. The maximum Gasteiger partial charge on any atom is 0.320 e. The number of likely N-dealkylation sites (N-methyl/N-ethyl adjacent to an activating group) is 1. The number of aliphatic carboxylic acids is 1. The number of rotatable bonds is 5. The van der Waals surface area contributed by atoms with Gasteiger partial charge < -0.3 is 20.2 Å². The van der Waals surface area contributed by atoms with Gasteiger partial charge in [-0.25, -0.2) is 4.79 Å². The van der Waals surface area contributed by atoms with Gasteiger partial charge in [-0.1, -0.05) is 6.92 Å². The van der Waals surface area contributed by atoms with E-state index in [4.69, 9.17) is 5.11 Å². The Balaban J connectivity index is 2.67. The molecule has 1 heterocycles. The van der Waals surface area contributed by atoms with Crippen LogP contribution in [0.4, 0.5) is 4.79 Å². The minimum absolute atomic E-state index is 0.0113. The lowest BCUT2D eigenvalue weighted by atomic mass is 9.98. The second-order valence-corrected chi connectivity index (χ2v) is 5.00. The molecule has 0 aromatic carbocycles. The van der Waals surface area contributed by atoms with E-state index < -0.39 is 11.9 Å². The van der Waals surface area contributed by atoms with Crippen LogP contribution in [0.5, 0.6) is 0 Å². The van der Waals surface area contributed by atoms with Gasteiger partial charge in [0.05, 0.1) is 5.92 Å². The molecule has 1 unspecified atom stereocenters. The standard InChI is InChI=1S/C13H23N3O4/c1-3-6-15(9-11(17)14-2)13(20)16-7-4-5-10(8-16)12(18)19/h10H,3-9H2,1-2H3,(H,14,17)(H,18,19). The third-order valence-corrected chi connectivity index (χ3v) is 3.42. The van der Waals surface area contributed by atoms with Crippen molar-refractivity contribution in [2.24, 2.45) is 5.92 Å². The van der Waals surface area contributed by atoms with Crippen LogP contribution in [0.2, 0.25) is 0 Å². The van der Waals surface area contributed by atoms with E-state index in [2.05, 4.69) is 5.32 Å². The third kappa shape index (κ3) is 4.40. The lowest BCUT2D eigenvalue weighted by Crippen LogP contribution is -2.51. The Bertz CT molecular complexity index is 373. The summed E-state index contributed by atoms with van der Waals surface area (Å²) in [5.74, 6) is -1.59. The van der Waals surface area contributed by atoms with E-state index in [1.807, 2.05) is 6.92 Å². The van der Waals surface area contributed by atoms with Crippen molar-refractivity contribution in [3.8, 4) is 0 Å². The summed E-state index contributed by atoms with van der Waals surface area (Å²) in [6.45, 7) is 3.21. The van der Waals surface area contributed by atoms with Crippen molar-refractivity contribution in [3.05, 3.63) is 0 Å². The van der Waals surface area contributed by atoms with E-state index in [1.165, 1.54) is 11.9 Å². The van der Waals surface area contributed by atoms with Gasteiger partial charge in [0.25, 0.3) is 0 Å². The number of nitrogens with one attached hydrogen (secondary N) is 1. The third-order valence-electron chi connectivity index (χ3n) is 3.42. The van der Waals surface area contributed by atoms with Crippen molar-refractivity contribution in [2.75, 3.05) is 33.2 Å². The highest BCUT2D eigenvalue weighted by Crippen LogP contribution is 2.18. The van der Waals surface area contributed by atoms with Crippen LogP contribution in [0.1, 0.15) is 26.2 Å². The van der Waals surface area contributed by atoms with Crippen LogP contribution in [-0.4, -0.2) is 66.0 Å². The number of hydrogen-bond donors (Lipinski definition) is 2. The van der Waals surface area contributed by atoms with Crippen molar-refractivity contribution in [1.29, 1.82) is 0 Å². The molecular weight excluding hydrogens is 262 g/mol. The highest BCUT2D eigenvalue weighted by atomic mass is 16.4. The fourth-order valence-corrected chi connectivity index (χ4v) is 2.32. The average Bonchev–Trinajstić information content (AvgIpc) is 2.45. The number of piperidine rings is 1. The van der Waals surface area contributed by atoms with Crippen molar-refractivity contribution in [1.82, 2.24) is 15.1 Å². The number of likely N-dealkylation sites (tertiary alicyclic amines) is 1. The molecule has 2 N–H and O–H groups in total. The predicted molar refractivity (Wildman–Crippen MR) is 73.3 cm³/mol. The normalized spacial score (nSPS) is 18.5. The zero-order chi connectivity index (χ0) is 15.1. The molecule has 0 aliphatic carbocycles. The van der Waals surface area contributed by atoms with Crippen molar-refractivity contribution >= 4 is 17.9 Å². The molecule has 1 atom stereocenters. The van der Waals surface area contributed by atoms with E-state index in [1.54, 1.807) is 4.90 Å². The molecule has 1 saturated heterocycles. The van der Waals surface area contributed by atoms with Gasteiger partial charge in [0.1, 0.15) is 6.54 Å². The molecule has 7 nitrogen and oxygen atoms in total. The van der Waals surface area contributed by atoms with E-state index >= 15 is 0 Å². The number of amides is 3. The van der Waals surface area contributed by atoms with Gasteiger partial charge in [-0.2, -0.15) is 0 Å². The highest BCUT2D eigenvalue weighted by Gasteiger charge is 2.30. The monoisotopic (exact) mass is 285 g/mol. The first-order chi connectivity index (χ1) is 9.49. The summed E-state index contributed by atoms with van der Waals surface area (Å²) in [4.78, 5) is 37.9. The second kappa shape index (κ2) is 7.72. The number of carboxylic acid groups (broad SMARTS) is 1. The first kappa shape index (κ1) is 16.3. The number of carboxylic acids is 1. The van der Waals surface area contributed by atoms with Gasteiger partial charge in [-0.05, 0) is 19.3 Å². The van der Waals surface area contributed by atoms with Crippen molar-refractivity contribution in [3.63, 3.8) is 0 Å². The number of hydrogen-bond acceptors (Lipinski definition) is 3. The van der Waals surface area contributed by atoms with Gasteiger partial charge in [-0.3, -0.25) is 9.59 Å². The fourth-order valence-electron chi connectivity index (χ4n) is 2.32. The number of nitrogens with zero attached hydrogens (tertiary/aromatic N) is 2. The Morgan fingerprint density at radius 1 is 1.40 bits per heavy atom. The molecule has 0 aromatic rings.